The molecule has 3 N–H and O–H groups in total. The Labute approximate surface area is 146 Å². The summed E-state index contributed by atoms with van der Waals surface area (Å²) >= 11 is 0. The van der Waals surface area contributed by atoms with Crippen LogP contribution < -0.4 is 26.5 Å². The van der Waals surface area contributed by atoms with Crippen molar-refractivity contribution in [3.63, 3.8) is 0 Å². The van der Waals surface area contributed by atoms with Crippen LogP contribution in [-0.4, -0.2) is 40.6 Å². The van der Waals surface area contributed by atoms with E-state index in [1.165, 1.54) is 7.05 Å². The quantitative estimate of drug-likeness (QED) is 0.533. The molecule has 0 saturated carbocycles. The van der Waals surface area contributed by atoms with Gasteiger partial charge in [-0.15, -0.1) is 0 Å². The number of carbonyl (C=O) groups excluding carboxylic acids is 2. The second kappa shape index (κ2) is 6.75. The van der Waals surface area contributed by atoms with Gasteiger partial charge in [-0.1, -0.05) is 12.1 Å². The summed E-state index contributed by atoms with van der Waals surface area (Å²) in [5, 5.41) is 0. The van der Waals surface area contributed by atoms with E-state index < -0.39 is 41.3 Å². The van der Waals surface area contributed by atoms with Gasteiger partial charge in [-0.2, -0.15) is 0 Å². The second-order valence-corrected chi connectivity index (χ2v) is 5.47. The minimum atomic E-state index is -1.05. The van der Waals surface area contributed by atoms with Gasteiger partial charge in [0.25, 0.3) is 5.56 Å². The largest absolute Gasteiger partial charge is 0.485 e. The van der Waals surface area contributed by atoms with E-state index in [1.54, 1.807) is 24.3 Å². The van der Waals surface area contributed by atoms with Crippen LogP contribution in [0.2, 0.25) is 0 Å². The lowest BCUT2D eigenvalue weighted by Crippen LogP contribution is -2.39. The van der Waals surface area contributed by atoms with E-state index in [-0.39, 0.29) is 12.4 Å². The predicted octanol–water partition coefficient (Wildman–Crippen LogP) is -0.778. The van der Waals surface area contributed by atoms with E-state index in [1.807, 2.05) is 4.98 Å². The van der Waals surface area contributed by atoms with Crippen LogP contribution in [0.4, 0.5) is 5.82 Å². The number of nitrogens with one attached hydrogen (secondary N) is 1. The van der Waals surface area contributed by atoms with Gasteiger partial charge in [0.05, 0.1) is 0 Å². The third-order valence-electron chi connectivity index (χ3n) is 3.77. The Morgan fingerprint density at radius 1 is 1.31 bits per heavy atom. The number of H-pyrrole nitrogens is 1. The standard InChI is InChI=1S/C16H15N3O7/c1-19-13(17)12(14(21)18-16(19)23)8(20)6-25-15(22)11-7-24-9-4-2-3-5-10(9)26-11/h2-5,11H,6-7,17H2,1H3,(H,18,21,23)/t11-/m1/s1. The predicted molar refractivity (Wildman–Crippen MR) is 88.4 cm³/mol. The molecule has 2 aromatic rings. The molecule has 0 radical (unpaired) electrons. The summed E-state index contributed by atoms with van der Waals surface area (Å²) in [6.07, 6.45) is -1.05. The van der Waals surface area contributed by atoms with Gasteiger partial charge < -0.3 is 19.9 Å². The molecule has 1 aromatic heterocycles. The third-order valence-corrected chi connectivity index (χ3v) is 3.77. The van der Waals surface area contributed by atoms with Gasteiger partial charge in [0.2, 0.25) is 11.9 Å². The maximum Gasteiger partial charge on any atom is 0.351 e. The van der Waals surface area contributed by atoms with Gasteiger partial charge in [0.1, 0.15) is 18.0 Å². The first-order valence-electron chi connectivity index (χ1n) is 7.55. The summed E-state index contributed by atoms with van der Waals surface area (Å²) in [5.74, 6) is -1.11. The molecule has 1 aliphatic rings. The van der Waals surface area contributed by atoms with Crippen LogP contribution in [0, 0.1) is 0 Å². The number of ketones is 1. The van der Waals surface area contributed by atoms with E-state index in [0.717, 1.165) is 4.57 Å². The van der Waals surface area contributed by atoms with Crippen LogP contribution in [0.5, 0.6) is 11.5 Å². The normalized spacial score (nSPS) is 15.3. The van der Waals surface area contributed by atoms with Crippen LogP contribution in [0.1, 0.15) is 10.4 Å². The Morgan fingerprint density at radius 2 is 2.00 bits per heavy atom. The van der Waals surface area contributed by atoms with E-state index in [0.29, 0.717) is 11.5 Å². The highest BCUT2D eigenvalue weighted by Gasteiger charge is 2.29. The molecule has 10 nitrogen and oxygen atoms in total. The molecule has 2 heterocycles. The van der Waals surface area contributed by atoms with Crippen LogP contribution >= 0.6 is 0 Å². The van der Waals surface area contributed by atoms with E-state index in [4.69, 9.17) is 19.9 Å². The Bertz CT molecular complexity index is 992. The average molecular weight is 361 g/mol. The number of anilines is 1. The Morgan fingerprint density at radius 3 is 2.73 bits per heavy atom. The molecule has 0 aliphatic carbocycles. The van der Waals surface area contributed by atoms with Crippen LogP contribution in [0.15, 0.2) is 33.9 Å². The molecule has 0 spiro atoms. The Kier molecular flexibility index (Phi) is 4.48. The lowest BCUT2D eigenvalue weighted by Gasteiger charge is -2.24. The lowest BCUT2D eigenvalue weighted by molar-refractivity contribution is -0.153. The van der Waals surface area contributed by atoms with Crippen molar-refractivity contribution in [2.45, 2.75) is 6.10 Å². The summed E-state index contributed by atoms with van der Waals surface area (Å²) in [7, 11) is 1.29. The molecule has 1 aliphatic heterocycles. The van der Waals surface area contributed by atoms with Crippen molar-refractivity contribution in [2.75, 3.05) is 18.9 Å². The number of fused-ring (bicyclic) bond motifs is 1. The first kappa shape index (κ1) is 17.3. The molecule has 26 heavy (non-hydrogen) atoms. The van der Waals surface area contributed by atoms with Crippen LogP contribution in [0.3, 0.4) is 0 Å². The number of ether oxygens (including phenoxy) is 3. The summed E-state index contributed by atoms with van der Waals surface area (Å²) in [4.78, 5) is 49.4. The molecule has 3 rings (SSSR count). The number of para-hydroxylation sites is 2. The highest BCUT2D eigenvalue weighted by molar-refractivity contribution is 6.01. The highest BCUT2D eigenvalue weighted by Crippen LogP contribution is 2.31. The third kappa shape index (κ3) is 3.16. The highest BCUT2D eigenvalue weighted by atomic mass is 16.6. The number of carbonyl (C=O) groups is 2. The zero-order valence-corrected chi connectivity index (χ0v) is 13.7. The number of rotatable bonds is 4. The molecular weight excluding hydrogens is 346 g/mol. The van der Waals surface area contributed by atoms with Crippen molar-refractivity contribution in [3.05, 3.63) is 50.7 Å². The van der Waals surface area contributed by atoms with E-state index in [9.17, 15) is 19.2 Å². The fraction of sp³-hybridized carbons (Fsp3) is 0.250. The fourth-order valence-corrected chi connectivity index (χ4v) is 2.34. The van der Waals surface area contributed by atoms with E-state index in [2.05, 4.69) is 0 Å². The molecule has 0 fully saturated rings. The molecule has 1 atom stereocenters. The molecule has 10 heteroatoms. The molecule has 0 saturated heterocycles. The summed E-state index contributed by atoms with van der Waals surface area (Å²) in [6, 6.07) is 6.79. The van der Waals surface area contributed by atoms with Crippen molar-refractivity contribution in [2.24, 2.45) is 7.05 Å². The van der Waals surface area contributed by atoms with Gasteiger partial charge in [-0.05, 0) is 12.1 Å². The molecule has 1 aromatic carbocycles. The topological polar surface area (TPSA) is 143 Å². The van der Waals surface area contributed by atoms with E-state index >= 15 is 0 Å². The number of nitrogens with two attached hydrogens (primary N) is 1. The van der Waals surface area contributed by atoms with Gasteiger partial charge in [0, 0.05) is 7.05 Å². The van der Waals surface area contributed by atoms with Crippen molar-refractivity contribution < 1.29 is 23.8 Å². The van der Waals surface area contributed by atoms with Gasteiger partial charge in [-0.3, -0.25) is 19.1 Å². The molecule has 0 amide bonds. The maximum absolute atomic E-state index is 12.2. The maximum atomic E-state index is 12.2. The number of hydrogen-bond acceptors (Lipinski definition) is 8. The second-order valence-electron chi connectivity index (χ2n) is 5.47. The SMILES string of the molecule is Cn1c(N)c(C(=O)COC(=O)[C@H]2COc3ccccc3O2)c(=O)[nH]c1=O. The molecule has 0 bridgehead atoms. The molecule has 136 valence electrons. The monoisotopic (exact) mass is 361 g/mol. The van der Waals surface area contributed by atoms with Crippen molar-refractivity contribution >= 4 is 17.6 Å². The smallest absolute Gasteiger partial charge is 0.351 e. The Hall–Kier alpha value is -3.56. The Balaban J connectivity index is 1.68. The minimum Gasteiger partial charge on any atom is -0.485 e. The number of esters is 1. The van der Waals surface area contributed by atoms with Gasteiger partial charge in [-0.25, -0.2) is 9.59 Å². The van der Waals surface area contributed by atoms with Crippen LogP contribution in [-0.2, 0) is 16.6 Å². The van der Waals surface area contributed by atoms with Crippen molar-refractivity contribution in [1.29, 1.82) is 0 Å². The number of hydrogen-bond donors (Lipinski definition) is 2. The summed E-state index contributed by atoms with van der Waals surface area (Å²) < 4.78 is 16.7. The summed E-state index contributed by atoms with van der Waals surface area (Å²) in [6.45, 7) is -0.807. The van der Waals surface area contributed by atoms with Gasteiger partial charge in [0.15, 0.2) is 18.1 Å². The summed E-state index contributed by atoms with van der Waals surface area (Å²) in [5.41, 5.74) is 3.47. The molecular formula is C16H15N3O7. The van der Waals surface area contributed by atoms with Gasteiger partial charge >= 0.3 is 11.7 Å². The number of Topliss-reactive ketones (excluding diaryl/α,β-unsaturated/α-hetero) is 1. The zero-order chi connectivity index (χ0) is 18.8. The zero-order valence-electron chi connectivity index (χ0n) is 13.7. The van der Waals surface area contributed by atoms with Crippen molar-refractivity contribution in [1.82, 2.24) is 9.55 Å². The minimum absolute atomic E-state index is 0.0768. The first-order valence-corrected chi connectivity index (χ1v) is 7.55. The lowest BCUT2D eigenvalue weighted by atomic mass is 10.2. The fourth-order valence-electron chi connectivity index (χ4n) is 2.34. The average Bonchev–Trinajstić information content (AvgIpc) is 2.63. The van der Waals surface area contributed by atoms with Crippen molar-refractivity contribution in [3.8, 4) is 11.5 Å². The number of nitrogens with zero attached hydrogens (tertiary/aromatic N) is 1. The first-order chi connectivity index (χ1) is 12.4. The number of aromatic nitrogens is 2. The number of nitrogen functional groups attached to an aromatic ring is 1. The van der Waals surface area contributed by atoms with Crippen LogP contribution in [0.25, 0.3) is 0 Å². The molecule has 0 unspecified atom stereocenters. The number of aromatic amines is 1. The number of benzene rings is 1.